The highest BCUT2D eigenvalue weighted by atomic mass is 16.7. The summed E-state index contributed by atoms with van der Waals surface area (Å²) in [6, 6.07) is 0. The van der Waals surface area contributed by atoms with E-state index in [1.807, 2.05) is 6.92 Å². The van der Waals surface area contributed by atoms with Crippen LogP contribution in [0.1, 0.15) is 26.2 Å². The normalized spacial score (nSPS) is 29.1. The topological polar surface area (TPSA) is 469 Å². The summed E-state index contributed by atoms with van der Waals surface area (Å²) < 4.78 is 82.2. The Morgan fingerprint density at radius 2 is 0.578 bits per heavy atom. The number of hydrogen-bond donors (Lipinski definition) is 15. The largest absolute Gasteiger partial charge is 0.394 e. The van der Waals surface area contributed by atoms with Gasteiger partial charge in [-0.15, -0.1) is 0 Å². The Morgan fingerprint density at radius 3 is 0.831 bits per heavy atom. The van der Waals surface area contributed by atoms with Crippen LogP contribution in [0, 0.1) is 5.41 Å². The van der Waals surface area contributed by atoms with Gasteiger partial charge in [0, 0.05) is 44.3 Å². The molecule has 0 spiro atoms. The van der Waals surface area contributed by atoms with Gasteiger partial charge in [0.1, 0.15) is 73.2 Å². The summed E-state index contributed by atoms with van der Waals surface area (Å²) in [6.07, 6.45) is -20.5. The van der Waals surface area contributed by atoms with Crippen molar-refractivity contribution < 1.29 is 147 Å². The number of aliphatic hydroxyl groups excluding tert-OH is 12. The van der Waals surface area contributed by atoms with Crippen LogP contribution in [-0.2, 0) is 85.4 Å². The number of rotatable bonds is 48. The zero-order valence-electron chi connectivity index (χ0n) is 47.1. The molecule has 0 saturated carbocycles. The molecule has 3 aliphatic heterocycles. The molecule has 83 heavy (non-hydrogen) atoms. The van der Waals surface area contributed by atoms with Gasteiger partial charge in [-0.25, -0.2) is 0 Å². The molecule has 0 aromatic rings. The Kier molecular flexibility index (Phi) is 39.4. The Bertz CT molecular complexity index is 1500. The number of aliphatic hydroxyl groups is 12. The predicted molar refractivity (Wildman–Crippen MR) is 278 cm³/mol. The molecule has 0 aromatic carbocycles. The highest BCUT2D eigenvalue weighted by molar-refractivity contribution is 5.76. The van der Waals surface area contributed by atoms with Crippen LogP contribution in [0.3, 0.4) is 0 Å². The average molecular weight is 1220 g/mol. The first-order valence-corrected chi connectivity index (χ1v) is 27.7. The number of hydrogen-bond acceptors (Lipinski definition) is 30. The van der Waals surface area contributed by atoms with Gasteiger partial charge in [-0.1, -0.05) is 6.92 Å². The molecule has 15 atom stereocenters. The quantitative estimate of drug-likeness (QED) is 0.0252. The fraction of sp³-hybridized carbons (Fsp3) is 0.940. The van der Waals surface area contributed by atoms with Gasteiger partial charge in [-0.2, -0.15) is 0 Å². The molecule has 0 aromatic heterocycles. The molecule has 6 unspecified atom stereocenters. The molecule has 33 heteroatoms. The number of carbonyl (C=O) groups excluding carboxylic acids is 3. The Morgan fingerprint density at radius 1 is 0.337 bits per heavy atom. The van der Waals surface area contributed by atoms with Gasteiger partial charge in [0.2, 0.25) is 17.7 Å². The van der Waals surface area contributed by atoms with Crippen LogP contribution in [0.4, 0.5) is 0 Å². The maximum atomic E-state index is 12.5. The third-order valence-corrected chi connectivity index (χ3v) is 12.7. The molecule has 3 aliphatic rings. The summed E-state index contributed by atoms with van der Waals surface area (Å²) in [4.78, 5) is 37.5. The van der Waals surface area contributed by atoms with Gasteiger partial charge >= 0.3 is 0 Å². The standard InChI is InChI=1S/C50H93N3O30/c1-50(29-75-8-2-35(57)51-5-11-69-14-17-72-20-23-78-47-44(66)41(63)38(60)32(26-54)81-47,30-76-9-3-36(58)52-6-12-70-15-18-73-21-24-79-48-45(67)42(64)39(61)33(27-55)82-48)31-77-10-4-37(59)53-7-13-71-16-19-74-22-25-80-49-46(68)43(65)40(62)34(28-56)83-49/h32-34,38-49,54-56,60-68H,2-31H2,1H3,(H,51,57)(H,52,58)(H,53,59)/t32?,33?,34?,38-,39-,40-,41+,42+,43+,44-,45-,46?,47?,48?,49+,50?/m1/s1. The lowest BCUT2D eigenvalue weighted by Crippen LogP contribution is -2.59. The van der Waals surface area contributed by atoms with Crippen LogP contribution >= 0.6 is 0 Å². The van der Waals surface area contributed by atoms with Crippen LogP contribution in [0.25, 0.3) is 0 Å². The molecule has 3 rings (SSSR count). The molecule has 3 heterocycles. The van der Waals surface area contributed by atoms with Gasteiger partial charge in [-0.3, -0.25) is 14.4 Å². The molecule has 15 N–H and O–H groups in total. The van der Waals surface area contributed by atoms with Crippen LogP contribution in [0.15, 0.2) is 0 Å². The summed E-state index contributed by atoms with van der Waals surface area (Å²) in [6.45, 7) is 3.37. The minimum Gasteiger partial charge on any atom is -0.394 e. The molecule has 488 valence electrons. The van der Waals surface area contributed by atoms with E-state index >= 15 is 0 Å². The number of amides is 3. The van der Waals surface area contributed by atoms with Crippen molar-refractivity contribution in [3.05, 3.63) is 0 Å². The lowest BCUT2D eigenvalue weighted by atomic mass is 9.94. The highest BCUT2D eigenvalue weighted by Crippen LogP contribution is 2.25. The molecule has 3 fully saturated rings. The first-order chi connectivity index (χ1) is 40.0. The second-order valence-corrected chi connectivity index (χ2v) is 19.6. The smallest absolute Gasteiger partial charge is 0.222 e. The van der Waals surface area contributed by atoms with Crippen molar-refractivity contribution >= 4 is 17.7 Å². The van der Waals surface area contributed by atoms with E-state index in [0.29, 0.717) is 0 Å². The Balaban J connectivity index is 1.26. The van der Waals surface area contributed by atoms with Crippen LogP contribution < -0.4 is 16.0 Å². The van der Waals surface area contributed by atoms with Crippen molar-refractivity contribution in [2.75, 3.05) is 178 Å². The molecule has 3 amide bonds. The van der Waals surface area contributed by atoms with Gasteiger partial charge < -0.3 is 148 Å². The van der Waals surface area contributed by atoms with E-state index < -0.39 is 117 Å². The van der Waals surface area contributed by atoms with Crippen LogP contribution in [0.5, 0.6) is 0 Å². The molecule has 0 bridgehead atoms. The predicted octanol–water partition coefficient (Wildman–Crippen LogP) is -8.89. The van der Waals surface area contributed by atoms with Gasteiger partial charge in [0.25, 0.3) is 0 Å². The average Bonchev–Trinajstić information content (AvgIpc) is 3.66. The van der Waals surface area contributed by atoms with Crippen molar-refractivity contribution in [1.29, 1.82) is 0 Å². The number of carbonyl (C=O) groups is 3. The van der Waals surface area contributed by atoms with Gasteiger partial charge in [0.05, 0.1) is 159 Å². The van der Waals surface area contributed by atoms with Crippen molar-refractivity contribution in [2.45, 2.75) is 118 Å². The first-order valence-electron chi connectivity index (χ1n) is 27.7. The fourth-order valence-corrected chi connectivity index (χ4v) is 7.88. The van der Waals surface area contributed by atoms with E-state index in [2.05, 4.69) is 16.0 Å². The SMILES string of the molecule is CC(COCCC(=O)NCCOCCOCCOC1OC(CO)[C@@H](O)[C@H](O)[C@H]1O)(COCCC(=O)NCCOCCOCCOC1OC(CO)[C@@H](O)[C@H](O)[C@H]1O)COCCC(=O)NCCOCCOCCO[C@H]1OC(CO)[C@@H](O)[C@H](O)C1O. The summed E-state index contributed by atoms with van der Waals surface area (Å²) in [5.74, 6) is -0.847. The maximum Gasteiger partial charge on any atom is 0.222 e. The van der Waals surface area contributed by atoms with E-state index in [1.54, 1.807) is 0 Å². The van der Waals surface area contributed by atoms with Crippen LogP contribution in [0.2, 0.25) is 0 Å². The van der Waals surface area contributed by atoms with Crippen LogP contribution in [-0.4, -0.2) is 349 Å². The van der Waals surface area contributed by atoms with E-state index in [1.165, 1.54) is 0 Å². The van der Waals surface area contributed by atoms with Gasteiger partial charge in [0.15, 0.2) is 18.9 Å². The second-order valence-electron chi connectivity index (χ2n) is 19.6. The molecule has 33 nitrogen and oxygen atoms in total. The van der Waals surface area contributed by atoms with E-state index in [4.69, 9.17) is 71.1 Å². The van der Waals surface area contributed by atoms with Crippen molar-refractivity contribution in [3.63, 3.8) is 0 Å². The van der Waals surface area contributed by atoms with E-state index in [-0.39, 0.29) is 195 Å². The lowest BCUT2D eigenvalue weighted by Gasteiger charge is -2.39. The summed E-state index contributed by atoms with van der Waals surface area (Å²) in [5, 5.41) is 125. The van der Waals surface area contributed by atoms with E-state index in [0.717, 1.165) is 0 Å². The summed E-state index contributed by atoms with van der Waals surface area (Å²) >= 11 is 0. The first kappa shape index (κ1) is 74.6. The number of nitrogens with one attached hydrogen (secondary N) is 3. The van der Waals surface area contributed by atoms with Crippen molar-refractivity contribution in [2.24, 2.45) is 5.41 Å². The Labute approximate surface area is 481 Å². The summed E-state index contributed by atoms with van der Waals surface area (Å²) in [7, 11) is 0. The molecule has 0 aliphatic carbocycles. The molecular weight excluding hydrogens is 1120 g/mol. The Hall–Kier alpha value is -2.67. The number of ether oxygens (including phenoxy) is 15. The fourth-order valence-electron chi connectivity index (χ4n) is 7.88. The third-order valence-electron chi connectivity index (χ3n) is 12.7. The zero-order chi connectivity index (χ0) is 60.8. The molecular formula is C50H93N3O30. The van der Waals surface area contributed by atoms with E-state index in [9.17, 15) is 75.7 Å². The zero-order valence-corrected chi connectivity index (χ0v) is 47.1. The third kappa shape index (κ3) is 29.7. The highest BCUT2D eigenvalue weighted by Gasteiger charge is 2.46. The lowest BCUT2D eigenvalue weighted by molar-refractivity contribution is -0.302. The van der Waals surface area contributed by atoms with Crippen molar-refractivity contribution in [1.82, 2.24) is 16.0 Å². The van der Waals surface area contributed by atoms with Gasteiger partial charge in [-0.05, 0) is 0 Å². The summed E-state index contributed by atoms with van der Waals surface area (Å²) in [5.41, 5.74) is -0.755. The van der Waals surface area contributed by atoms with Crippen molar-refractivity contribution in [3.8, 4) is 0 Å². The monoisotopic (exact) mass is 1220 g/mol. The minimum absolute atomic E-state index is 0.0108. The minimum atomic E-state index is -1.55. The maximum absolute atomic E-state index is 12.5. The molecule has 3 saturated heterocycles. The molecule has 0 radical (unpaired) electrons. The second kappa shape index (κ2) is 43.9.